The van der Waals surface area contributed by atoms with Crippen molar-refractivity contribution in [1.82, 2.24) is 0 Å². The molecule has 3 heteroatoms. The topological polar surface area (TPSA) is 18.5 Å². The second-order valence-corrected chi connectivity index (χ2v) is 5.89. The zero-order valence-corrected chi connectivity index (χ0v) is 11.7. The molecular formula is C12H23BrO2. The van der Waals surface area contributed by atoms with Gasteiger partial charge >= 0.3 is 0 Å². The molecule has 1 rings (SSSR count). The second kappa shape index (κ2) is 5.65. The van der Waals surface area contributed by atoms with E-state index < -0.39 is 0 Å². The predicted octanol–water partition coefficient (Wildman–Crippen LogP) is 3.53. The van der Waals surface area contributed by atoms with Crippen LogP contribution in [0.5, 0.6) is 0 Å². The highest BCUT2D eigenvalue weighted by atomic mass is 79.9. The van der Waals surface area contributed by atoms with Crippen molar-refractivity contribution in [3.8, 4) is 0 Å². The van der Waals surface area contributed by atoms with Crippen molar-refractivity contribution in [2.75, 3.05) is 18.5 Å². The van der Waals surface area contributed by atoms with Crippen LogP contribution >= 0.6 is 15.9 Å². The summed E-state index contributed by atoms with van der Waals surface area (Å²) in [5, 5.41) is 0.954. The Labute approximate surface area is 102 Å². The van der Waals surface area contributed by atoms with Crippen LogP contribution in [0.15, 0.2) is 0 Å². The molecule has 1 fully saturated rings. The second-order valence-electron chi connectivity index (χ2n) is 5.33. The van der Waals surface area contributed by atoms with Gasteiger partial charge < -0.3 is 9.47 Å². The van der Waals surface area contributed by atoms with Crippen LogP contribution < -0.4 is 0 Å². The van der Waals surface area contributed by atoms with Gasteiger partial charge in [0.1, 0.15) is 0 Å². The fourth-order valence-electron chi connectivity index (χ4n) is 1.94. The van der Waals surface area contributed by atoms with Crippen molar-refractivity contribution in [3.63, 3.8) is 0 Å². The standard InChI is InChI=1S/C12H23BrO2/c1-11(2,3)14-8-9-15-12(10-13)6-4-5-7-12/h4-10H2,1-3H3. The number of hydrogen-bond acceptors (Lipinski definition) is 2. The van der Waals surface area contributed by atoms with E-state index in [1.165, 1.54) is 25.7 Å². The lowest BCUT2D eigenvalue weighted by Crippen LogP contribution is -2.33. The third-order valence-electron chi connectivity index (χ3n) is 2.78. The highest BCUT2D eigenvalue weighted by Gasteiger charge is 2.33. The summed E-state index contributed by atoms with van der Waals surface area (Å²) in [5.74, 6) is 0. The molecule has 0 radical (unpaired) electrons. The van der Waals surface area contributed by atoms with E-state index in [9.17, 15) is 0 Å². The maximum Gasteiger partial charge on any atom is 0.0780 e. The van der Waals surface area contributed by atoms with Gasteiger partial charge in [-0.15, -0.1) is 0 Å². The van der Waals surface area contributed by atoms with Gasteiger partial charge in [0, 0.05) is 5.33 Å². The lowest BCUT2D eigenvalue weighted by Gasteiger charge is -2.28. The zero-order chi connectivity index (χ0) is 11.4. The summed E-state index contributed by atoms with van der Waals surface area (Å²) in [5.41, 5.74) is 0.0435. The summed E-state index contributed by atoms with van der Waals surface area (Å²) < 4.78 is 11.6. The van der Waals surface area contributed by atoms with Gasteiger partial charge in [-0.1, -0.05) is 28.8 Å². The van der Waals surface area contributed by atoms with Gasteiger partial charge in [0.2, 0.25) is 0 Å². The maximum absolute atomic E-state index is 5.96. The van der Waals surface area contributed by atoms with E-state index in [1.54, 1.807) is 0 Å². The van der Waals surface area contributed by atoms with Crippen LogP contribution in [0.2, 0.25) is 0 Å². The molecule has 2 nitrogen and oxygen atoms in total. The molecule has 0 aromatic rings. The fraction of sp³-hybridized carbons (Fsp3) is 1.00. The lowest BCUT2D eigenvalue weighted by atomic mass is 10.1. The molecule has 1 saturated carbocycles. The normalized spacial score (nSPS) is 20.8. The van der Waals surface area contributed by atoms with E-state index in [1.807, 2.05) is 0 Å². The Bertz CT molecular complexity index is 181. The summed E-state index contributed by atoms with van der Waals surface area (Å²) in [6.45, 7) is 7.62. The van der Waals surface area contributed by atoms with E-state index in [2.05, 4.69) is 36.7 Å². The van der Waals surface area contributed by atoms with Gasteiger partial charge in [0.15, 0.2) is 0 Å². The van der Waals surface area contributed by atoms with Crippen LogP contribution in [0.4, 0.5) is 0 Å². The minimum Gasteiger partial charge on any atom is -0.373 e. The third kappa shape index (κ3) is 4.83. The molecule has 0 atom stereocenters. The smallest absolute Gasteiger partial charge is 0.0780 e. The van der Waals surface area contributed by atoms with Crippen LogP contribution in [-0.4, -0.2) is 29.7 Å². The summed E-state index contributed by atoms with van der Waals surface area (Å²) in [7, 11) is 0. The minimum atomic E-state index is -0.0550. The molecule has 15 heavy (non-hydrogen) atoms. The molecule has 0 spiro atoms. The first kappa shape index (κ1) is 13.5. The van der Waals surface area contributed by atoms with Crippen LogP contribution in [-0.2, 0) is 9.47 Å². The predicted molar refractivity (Wildman–Crippen MR) is 66.7 cm³/mol. The van der Waals surface area contributed by atoms with Crippen molar-refractivity contribution >= 4 is 15.9 Å². The number of hydrogen-bond donors (Lipinski definition) is 0. The van der Waals surface area contributed by atoms with Gasteiger partial charge in [0.05, 0.1) is 24.4 Å². The Kier molecular flexibility index (Phi) is 5.07. The molecule has 0 unspecified atom stereocenters. The Morgan fingerprint density at radius 2 is 1.73 bits per heavy atom. The van der Waals surface area contributed by atoms with E-state index in [0.29, 0.717) is 13.2 Å². The number of alkyl halides is 1. The zero-order valence-electron chi connectivity index (χ0n) is 10.1. The molecule has 0 amide bonds. The van der Waals surface area contributed by atoms with Crippen molar-refractivity contribution in [2.45, 2.75) is 57.7 Å². The highest BCUT2D eigenvalue weighted by molar-refractivity contribution is 9.09. The molecule has 0 aromatic carbocycles. The maximum atomic E-state index is 5.96. The third-order valence-corrected chi connectivity index (χ3v) is 3.81. The summed E-state index contributed by atoms with van der Waals surface area (Å²) in [4.78, 5) is 0. The van der Waals surface area contributed by atoms with Crippen LogP contribution in [0, 0.1) is 0 Å². The molecule has 0 N–H and O–H groups in total. The largest absolute Gasteiger partial charge is 0.373 e. The SMILES string of the molecule is CC(C)(C)OCCOC1(CBr)CCCC1. The summed E-state index contributed by atoms with van der Waals surface area (Å²) in [6, 6.07) is 0. The van der Waals surface area contributed by atoms with E-state index in [0.717, 1.165) is 5.33 Å². The average Bonchev–Trinajstić information content (AvgIpc) is 2.60. The molecule has 0 heterocycles. The summed E-state index contributed by atoms with van der Waals surface area (Å²) >= 11 is 3.56. The minimum absolute atomic E-state index is 0.0550. The van der Waals surface area contributed by atoms with Crippen molar-refractivity contribution < 1.29 is 9.47 Å². The van der Waals surface area contributed by atoms with Gasteiger partial charge in [-0.2, -0.15) is 0 Å². The van der Waals surface area contributed by atoms with Crippen LogP contribution in [0.25, 0.3) is 0 Å². The molecule has 90 valence electrons. The Balaban J connectivity index is 2.18. The van der Waals surface area contributed by atoms with E-state index >= 15 is 0 Å². The number of rotatable bonds is 5. The molecule has 1 aliphatic rings. The van der Waals surface area contributed by atoms with Crippen LogP contribution in [0.3, 0.4) is 0 Å². The van der Waals surface area contributed by atoms with Gasteiger partial charge in [-0.3, -0.25) is 0 Å². The fourth-order valence-corrected chi connectivity index (χ4v) is 2.66. The van der Waals surface area contributed by atoms with Gasteiger partial charge in [0.25, 0.3) is 0 Å². The van der Waals surface area contributed by atoms with Crippen molar-refractivity contribution in [3.05, 3.63) is 0 Å². The molecule has 0 aromatic heterocycles. The monoisotopic (exact) mass is 278 g/mol. The van der Waals surface area contributed by atoms with E-state index in [-0.39, 0.29) is 11.2 Å². The number of ether oxygens (including phenoxy) is 2. The lowest BCUT2D eigenvalue weighted by molar-refractivity contribution is -0.0800. The summed E-state index contributed by atoms with van der Waals surface area (Å²) in [6.07, 6.45) is 4.97. The Morgan fingerprint density at radius 3 is 2.20 bits per heavy atom. The molecule has 0 bridgehead atoms. The van der Waals surface area contributed by atoms with Gasteiger partial charge in [-0.25, -0.2) is 0 Å². The highest BCUT2D eigenvalue weighted by Crippen LogP contribution is 2.34. The molecule has 0 saturated heterocycles. The molecule has 1 aliphatic carbocycles. The first-order valence-electron chi connectivity index (χ1n) is 5.81. The Hall–Kier alpha value is 0.400. The van der Waals surface area contributed by atoms with Crippen molar-refractivity contribution in [1.29, 1.82) is 0 Å². The van der Waals surface area contributed by atoms with E-state index in [4.69, 9.17) is 9.47 Å². The Morgan fingerprint density at radius 1 is 1.13 bits per heavy atom. The average molecular weight is 279 g/mol. The molecule has 0 aliphatic heterocycles. The number of halogens is 1. The first-order chi connectivity index (χ1) is 6.97. The quantitative estimate of drug-likeness (QED) is 0.566. The molecular weight excluding hydrogens is 256 g/mol. The van der Waals surface area contributed by atoms with Crippen molar-refractivity contribution in [2.24, 2.45) is 0 Å². The van der Waals surface area contributed by atoms with Crippen LogP contribution in [0.1, 0.15) is 46.5 Å². The van der Waals surface area contributed by atoms with Gasteiger partial charge in [-0.05, 0) is 33.6 Å². The first-order valence-corrected chi connectivity index (χ1v) is 6.93.